The molecule has 1 aromatic heterocycles. The van der Waals surface area contributed by atoms with Crippen LogP contribution < -0.4 is 4.74 Å². The zero-order chi connectivity index (χ0) is 25.0. The van der Waals surface area contributed by atoms with Crippen LogP contribution in [-0.4, -0.2) is 29.2 Å². The smallest absolute Gasteiger partial charge is 0.311 e. The van der Waals surface area contributed by atoms with Crippen molar-refractivity contribution < 1.29 is 14.3 Å². The zero-order valence-electron chi connectivity index (χ0n) is 21.8. The van der Waals surface area contributed by atoms with E-state index in [1.165, 1.54) is 50.5 Å². The maximum atomic E-state index is 12.1. The Labute approximate surface area is 212 Å². The van der Waals surface area contributed by atoms with Gasteiger partial charge in [-0.1, -0.05) is 82.4 Å². The number of rotatable bonds is 19. The van der Waals surface area contributed by atoms with Gasteiger partial charge in [0.05, 0.1) is 12.4 Å². The number of hydrogen-bond donors (Lipinski definition) is 0. The number of ether oxygens (including phenoxy) is 2. The Morgan fingerprint density at radius 3 is 2.26 bits per heavy atom. The molecule has 0 bridgehead atoms. The predicted octanol–water partition coefficient (Wildman–Crippen LogP) is 7.89. The van der Waals surface area contributed by atoms with Crippen LogP contribution in [0.15, 0.2) is 48.8 Å². The number of carbonyl (C=O) groups is 1. The molecule has 0 atom stereocenters. The molecule has 0 radical (unpaired) electrons. The molecular formula is C30H44N2O3. The summed E-state index contributed by atoms with van der Waals surface area (Å²) in [5.74, 6) is 0.764. The first-order chi connectivity index (χ1) is 17.2. The van der Waals surface area contributed by atoms with Gasteiger partial charge < -0.3 is 9.47 Å². The van der Waals surface area contributed by atoms with E-state index in [4.69, 9.17) is 9.47 Å². The van der Waals surface area contributed by atoms with Crippen LogP contribution in [-0.2, 0) is 16.0 Å². The van der Waals surface area contributed by atoms with Crippen molar-refractivity contribution in [2.24, 2.45) is 0 Å². The Morgan fingerprint density at radius 1 is 0.800 bits per heavy atom. The lowest BCUT2D eigenvalue weighted by Crippen LogP contribution is -2.07. The fraction of sp³-hybridized carbons (Fsp3) is 0.567. The highest BCUT2D eigenvalue weighted by Gasteiger charge is 2.07. The number of aryl methyl sites for hydroxylation is 1. The first kappa shape index (κ1) is 28.7. The van der Waals surface area contributed by atoms with Crippen molar-refractivity contribution in [2.45, 2.75) is 97.3 Å². The molecule has 0 aliphatic heterocycles. The number of carbonyl (C=O) groups excluding carboxylic acids is 1. The van der Waals surface area contributed by atoms with E-state index in [0.717, 1.165) is 44.5 Å². The molecule has 0 aliphatic rings. The third-order valence-corrected chi connectivity index (χ3v) is 5.83. The molecule has 0 amide bonds. The normalized spacial score (nSPS) is 11.3. The first-order valence-electron chi connectivity index (χ1n) is 13.6. The number of benzene rings is 1. The molecule has 35 heavy (non-hydrogen) atoms. The van der Waals surface area contributed by atoms with E-state index in [2.05, 4.69) is 60.2 Å². The SMILES string of the molecule is CCCCCCC/C=C/CCC(=O)Oc1cnc(-c2ccc(CCCCCOCCC)cc2)nc1. The summed E-state index contributed by atoms with van der Waals surface area (Å²) in [4.78, 5) is 20.8. The minimum absolute atomic E-state index is 0.254. The molecule has 0 unspecified atom stereocenters. The lowest BCUT2D eigenvalue weighted by Gasteiger charge is -2.06. The summed E-state index contributed by atoms with van der Waals surface area (Å²) in [7, 11) is 0. The number of esters is 1. The molecule has 192 valence electrons. The number of allylic oxidation sites excluding steroid dienone is 2. The van der Waals surface area contributed by atoms with Crippen molar-refractivity contribution in [2.75, 3.05) is 13.2 Å². The Hall–Kier alpha value is -2.53. The highest BCUT2D eigenvalue weighted by atomic mass is 16.5. The van der Waals surface area contributed by atoms with Crippen molar-refractivity contribution in [1.29, 1.82) is 0 Å². The van der Waals surface area contributed by atoms with E-state index in [1.54, 1.807) is 12.4 Å². The molecule has 2 aromatic rings. The maximum absolute atomic E-state index is 12.1. The summed E-state index contributed by atoms with van der Waals surface area (Å²) in [6.07, 6.45) is 21.6. The van der Waals surface area contributed by atoms with Crippen LogP contribution in [0.4, 0.5) is 0 Å². The second kappa shape index (κ2) is 18.8. The third-order valence-electron chi connectivity index (χ3n) is 5.83. The molecule has 0 saturated heterocycles. The van der Waals surface area contributed by atoms with Crippen LogP contribution in [0.25, 0.3) is 11.4 Å². The van der Waals surface area contributed by atoms with E-state index in [-0.39, 0.29) is 5.97 Å². The van der Waals surface area contributed by atoms with Gasteiger partial charge in [-0.2, -0.15) is 0 Å². The molecule has 2 rings (SSSR count). The standard InChI is InChI=1S/C30H44N2O3/c1-3-5-6-7-8-9-10-11-14-17-29(33)35-28-24-31-30(32-25-28)27-20-18-26(19-21-27)16-13-12-15-23-34-22-4-2/h10-11,18-21,24-25H,3-9,12-17,22-23H2,1-2H3/b11-10+. The predicted molar refractivity (Wildman–Crippen MR) is 144 cm³/mol. The van der Waals surface area contributed by atoms with Crippen molar-refractivity contribution in [3.8, 4) is 17.1 Å². The maximum Gasteiger partial charge on any atom is 0.311 e. The van der Waals surface area contributed by atoms with E-state index in [0.29, 0.717) is 24.4 Å². The molecule has 1 heterocycles. The molecule has 0 saturated carbocycles. The number of hydrogen-bond acceptors (Lipinski definition) is 5. The fourth-order valence-electron chi connectivity index (χ4n) is 3.78. The second-order valence-corrected chi connectivity index (χ2v) is 9.05. The Balaban J connectivity index is 1.65. The van der Waals surface area contributed by atoms with Gasteiger partial charge in [-0.05, 0) is 50.5 Å². The Kier molecular flexibility index (Phi) is 15.4. The van der Waals surface area contributed by atoms with Crippen LogP contribution in [0.2, 0.25) is 0 Å². The Bertz CT molecular complexity index is 832. The van der Waals surface area contributed by atoms with Gasteiger partial charge in [0, 0.05) is 25.2 Å². The highest BCUT2D eigenvalue weighted by molar-refractivity contribution is 5.72. The average molecular weight is 481 g/mol. The minimum atomic E-state index is -0.254. The van der Waals surface area contributed by atoms with Crippen LogP contribution in [0.1, 0.15) is 96.5 Å². The summed E-state index contributed by atoms with van der Waals surface area (Å²) in [6, 6.07) is 8.38. The van der Waals surface area contributed by atoms with Crippen LogP contribution in [0, 0.1) is 0 Å². The van der Waals surface area contributed by atoms with Crippen molar-refractivity contribution in [3.63, 3.8) is 0 Å². The summed E-state index contributed by atoms with van der Waals surface area (Å²) < 4.78 is 10.9. The summed E-state index contributed by atoms with van der Waals surface area (Å²) >= 11 is 0. The minimum Gasteiger partial charge on any atom is -0.423 e. The molecule has 5 heteroatoms. The monoisotopic (exact) mass is 480 g/mol. The van der Waals surface area contributed by atoms with E-state index in [9.17, 15) is 4.79 Å². The van der Waals surface area contributed by atoms with Crippen molar-refractivity contribution in [3.05, 3.63) is 54.4 Å². The molecule has 0 spiro atoms. The Morgan fingerprint density at radius 2 is 1.51 bits per heavy atom. The van der Waals surface area contributed by atoms with Gasteiger partial charge in [-0.15, -0.1) is 0 Å². The fourth-order valence-corrected chi connectivity index (χ4v) is 3.78. The summed E-state index contributed by atoms with van der Waals surface area (Å²) in [5.41, 5.74) is 2.28. The van der Waals surface area contributed by atoms with Gasteiger partial charge in [0.2, 0.25) is 0 Å². The van der Waals surface area contributed by atoms with Crippen LogP contribution in [0.3, 0.4) is 0 Å². The van der Waals surface area contributed by atoms with Gasteiger partial charge in [-0.3, -0.25) is 4.79 Å². The molecule has 5 nitrogen and oxygen atoms in total. The van der Waals surface area contributed by atoms with Gasteiger partial charge in [0.1, 0.15) is 0 Å². The molecular weight excluding hydrogens is 436 g/mol. The second-order valence-electron chi connectivity index (χ2n) is 9.05. The molecule has 0 aliphatic carbocycles. The molecule has 0 N–H and O–H groups in total. The van der Waals surface area contributed by atoms with Crippen LogP contribution in [0.5, 0.6) is 5.75 Å². The quantitative estimate of drug-likeness (QED) is 0.116. The number of nitrogens with zero attached hydrogens (tertiary/aromatic N) is 2. The highest BCUT2D eigenvalue weighted by Crippen LogP contribution is 2.19. The largest absolute Gasteiger partial charge is 0.423 e. The average Bonchev–Trinajstić information content (AvgIpc) is 2.88. The lowest BCUT2D eigenvalue weighted by atomic mass is 10.0. The summed E-state index contributed by atoms with van der Waals surface area (Å²) in [6.45, 7) is 6.10. The van der Waals surface area contributed by atoms with Gasteiger partial charge in [0.25, 0.3) is 0 Å². The third kappa shape index (κ3) is 13.2. The van der Waals surface area contributed by atoms with Crippen LogP contribution >= 0.6 is 0 Å². The number of aromatic nitrogens is 2. The van der Waals surface area contributed by atoms with Crippen molar-refractivity contribution in [1.82, 2.24) is 9.97 Å². The molecule has 0 fully saturated rings. The topological polar surface area (TPSA) is 61.3 Å². The van der Waals surface area contributed by atoms with Gasteiger partial charge in [-0.25, -0.2) is 9.97 Å². The van der Waals surface area contributed by atoms with Crippen molar-refractivity contribution >= 4 is 5.97 Å². The first-order valence-corrected chi connectivity index (χ1v) is 13.6. The summed E-state index contributed by atoms with van der Waals surface area (Å²) in [5, 5.41) is 0. The van der Waals surface area contributed by atoms with Gasteiger partial charge >= 0.3 is 5.97 Å². The number of unbranched alkanes of at least 4 members (excludes halogenated alkanes) is 7. The van der Waals surface area contributed by atoms with E-state index < -0.39 is 0 Å². The van der Waals surface area contributed by atoms with E-state index >= 15 is 0 Å². The van der Waals surface area contributed by atoms with Gasteiger partial charge in [0.15, 0.2) is 11.6 Å². The molecule has 1 aromatic carbocycles. The van der Waals surface area contributed by atoms with E-state index in [1.807, 2.05) is 0 Å². The zero-order valence-corrected chi connectivity index (χ0v) is 21.8. The lowest BCUT2D eigenvalue weighted by molar-refractivity contribution is -0.134.